The molecular formula is C38H43N3O3. The fraction of sp³-hybridized carbons (Fsp3) is 0.316. The number of carbonyl (C=O) groups is 2. The molecule has 1 heterocycles. The zero-order chi connectivity index (χ0) is 30.6. The van der Waals surface area contributed by atoms with Crippen molar-refractivity contribution in [3.63, 3.8) is 0 Å². The van der Waals surface area contributed by atoms with Gasteiger partial charge in [-0.2, -0.15) is 0 Å². The number of benzene rings is 4. The first-order chi connectivity index (χ1) is 21.6. The summed E-state index contributed by atoms with van der Waals surface area (Å²) >= 11 is 0. The average molecular weight is 590 g/mol. The Hall–Kier alpha value is -4.42. The molecule has 0 bridgehead atoms. The Balaban J connectivity index is 1.27. The fourth-order valence-electron chi connectivity index (χ4n) is 5.82. The van der Waals surface area contributed by atoms with Gasteiger partial charge in [0.15, 0.2) is 0 Å². The van der Waals surface area contributed by atoms with Crippen LogP contribution in [0.15, 0.2) is 103 Å². The van der Waals surface area contributed by atoms with Gasteiger partial charge in [0.2, 0.25) is 5.91 Å². The van der Waals surface area contributed by atoms with Crippen LogP contribution in [0.2, 0.25) is 0 Å². The van der Waals surface area contributed by atoms with E-state index in [0.717, 1.165) is 60.5 Å². The summed E-state index contributed by atoms with van der Waals surface area (Å²) < 4.78 is 5.37. The number of rotatable bonds is 14. The standard InChI is InChI=1S/C38H43N3O3/c1-44-36-19-8-13-31(26-36)27-37(42)41(23-10-15-30-11-3-2-4-12-30)29-32-14-7-16-33(25-32)34-17-9-18-35(28-34)38(43)39-20-24-40-21-5-6-22-40/h2-4,7-9,11-14,16-19,25-26,28H,5-6,10,15,20-24,27,29H2,1H3,(H,39,43). The van der Waals surface area contributed by atoms with Gasteiger partial charge < -0.3 is 19.9 Å². The second kappa shape index (κ2) is 15.9. The van der Waals surface area contributed by atoms with Crippen molar-refractivity contribution >= 4 is 11.8 Å². The number of amides is 2. The van der Waals surface area contributed by atoms with E-state index in [1.54, 1.807) is 7.11 Å². The molecule has 4 aromatic rings. The minimum atomic E-state index is -0.0464. The number of nitrogens with one attached hydrogen (secondary N) is 1. The molecule has 1 aliphatic heterocycles. The molecule has 1 fully saturated rings. The van der Waals surface area contributed by atoms with Crippen molar-refractivity contribution in [2.75, 3.05) is 39.8 Å². The number of hydrogen-bond donors (Lipinski definition) is 1. The van der Waals surface area contributed by atoms with E-state index in [2.05, 4.69) is 52.7 Å². The zero-order valence-electron chi connectivity index (χ0n) is 25.7. The fourth-order valence-corrected chi connectivity index (χ4v) is 5.82. The number of ether oxygens (including phenoxy) is 1. The van der Waals surface area contributed by atoms with Crippen LogP contribution in [-0.2, 0) is 24.2 Å². The topological polar surface area (TPSA) is 61.9 Å². The molecular weight excluding hydrogens is 546 g/mol. The lowest BCUT2D eigenvalue weighted by molar-refractivity contribution is -0.131. The lowest BCUT2D eigenvalue weighted by atomic mass is 10.0. The Kier molecular flexibility index (Phi) is 11.2. The Labute approximate surface area is 261 Å². The Bertz CT molecular complexity index is 1510. The molecule has 2 amide bonds. The summed E-state index contributed by atoms with van der Waals surface area (Å²) in [5, 5.41) is 3.08. The van der Waals surface area contributed by atoms with Crippen molar-refractivity contribution < 1.29 is 14.3 Å². The number of aryl methyl sites for hydroxylation is 1. The molecule has 6 heteroatoms. The second-order valence-electron chi connectivity index (χ2n) is 11.5. The summed E-state index contributed by atoms with van der Waals surface area (Å²) in [5.41, 5.74) is 5.93. The third kappa shape index (κ3) is 9.04. The predicted molar refractivity (Wildman–Crippen MR) is 177 cm³/mol. The highest BCUT2D eigenvalue weighted by Crippen LogP contribution is 2.23. The van der Waals surface area contributed by atoms with E-state index in [1.165, 1.54) is 18.4 Å². The molecule has 0 atom stereocenters. The number of methoxy groups -OCH3 is 1. The van der Waals surface area contributed by atoms with Crippen LogP contribution in [0.3, 0.4) is 0 Å². The minimum absolute atomic E-state index is 0.0464. The van der Waals surface area contributed by atoms with Crippen LogP contribution >= 0.6 is 0 Å². The van der Waals surface area contributed by atoms with Gasteiger partial charge in [-0.25, -0.2) is 0 Å². The zero-order valence-corrected chi connectivity index (χ0v) is 25.7. The molecule has 0 saturated carbocycles. The van der Waals surface area contributed by atoms with Crippen molar-refractivity contribution in [2.45, 2.75) is 38.6 Å². The first kappa shape index (κ1) is 31.0. The van der Waals surface area contributed by atoms with Crippen LogP contribution in [-0.4, -0.2) is 61.4 Å². The van der Waals surface area contributed by atoms with E-state index in [1.807, 2.05) is 65.6 Å². The minimum Gasteiger partial charge on any atom is -0.497 e. The van der Waals surface area contributed by atoms with Gasteiger partial charge in [-0.1, -0.05) is 72.8 Å². The highest BCUT2D eigenvalue weighted by atomic mass is 16.5. The van der Waals surface area contributed by atoms with Crippen LogP contribution in [0, 0.1) is 0 Å². The van der Waals surface area contributed by atoms with Crippen LogP contribution in [0.1, 0.15) is 46.3 Å². The number of carbonyl (C=O) groups excluding carboxylic acids is 2. The molecule has 1 aliphatic rings. The number of hydrogen-bond acceptors (Lipinski definition) is 4. The maximum Gasteiger partial charge on any atom is 0.251 e. The molecule has 5 rings (SSSR count). The third-order valence-electron chi connectivity index (χ3n) is 8.25. The molecule has 0 radical (unpaired) electrons. The van der Waals surface area contributed by atoms with Gasteiger partial charge in [-0.05, 0) is 96.9 Å². The monoisotopic (exact) mass is 589 g/mol. The summed E-state index contributed by atoms with van der Waals surface area (Å²) in [7, 11) is 1.64. The second-order valence-corrected chi connectivity index (χ2v) is 11.5. The Morgan fingerprint density at radius 1 is 0.795 bits per heavy atom. The summed E-state index contributed by atoms with van der Waals surface area (Å²) in [4.78, 5) is 30.9. The first-order valence-electron chi connectivity index (χ1n) is 15.7. The largest absolute Gasteiger partial charge is 0.497 e. The van der Waals surface area contributed by atoms with E-state index < -0.39 is 0 Å². The molecule has 0 aromatic heterocycles. The van der Waals surface area contributed by atoms with E-state index in [4.69, 9.17) is 4.74 Å². The maximum atomic E-state index is 13.6. The van der Waals surface area contributed by atoms with Gasteiger partial charge in [0.1, 0.15) is 5.75 Å². The summed E-state index contributed by atoms with van der Waals surface area (Å²) in [6.07, 6.45) is 4.60. The van der Waals surface area contributed by atoms with E-state index in [-0.39, 0.29) is 11.8 Å². The predicted octanol–water partition coefficient (Wildman–Crippen LogP) is 6.39. The van der Waals surface area contributed by atoms with Crippen molar-refractivity contribution in [3.8, 4) is 16.9 Å². The van der Waals surface area contributed by atoms with E-state index in [0.29, 0.717) is 31.6 Å². The van der Waals surface area contributed by atoms with E-state index >= 15 is 0 Å². The summed E-state index contributed by atoms with van der Waals surface area (Å²) in [5.74, 6) is 0.792. The van der Waals surface area contributed by atoms with Crippen molar-refractivity contribution in [3.05, 3.63) is 125 Å². The van der Waals surface area contributed by atoms with Gasteiger partial charge in [0.25, 0.3) is 5.91 Å². The molecule has 0 unspecified atom stereocenters. The van der Waals surface area contributed by atoms with Gasteiger partial charge in [-0.3, -0.25) is 9.59 Å². The van der Waals surface area contributed by atoms with Crippen molar-refractivity contribution in [1.29, 1.82) is 0 Å². The number of nitrogens with zero attached hydrogens (tertiary/aromatic N) is 2. The van der Waals surface area contributed by atoms with Crippen molar-refractivity contribution in [1.82, 2.24) is 15.1 Å². The smallest absolute Gasteiger partial charge is 0.251 e. The van der Waals surface area contributed by atoms with Gasteiger partial charge in [-0.15, -0.1) is 0 Å². The molecule has 1 N–H and O–H groups in total. The quantitative estimate of drug-likeness (QED) is 0.185. The van der Waals surface area contributed by atoms with Crippen LogP contribution in [0.25, 0.3) is 11.1 Å². The van der Waals surface area contributed by atoms with Crippen LogP contribution in [0.5, 0.6) is 5.75 Å². The Morgan fingerprint density at radius 3 is 2.30 bits per heavy atom. The summed E-state index contributed by atoms with van der Waals surface area (Å²) in [6.45, 7) is 4.98. The summed E-state index contributed by atoms with van der Waals surface area (Å²) in [6, 6.07) is 34.2. The van der Waals surface area contributed by atoms with Gasteiger partial charge in [0.05, 0.1) is 13.5 Å². The molecule has 228 valence electrons. The molecule has 0 aliphatic carbocycles. The van der Waals surface area contributed by atoms with E-state index in [9.17, 15) is 9.59 Å². The molecule has 4 aromatic carbocycles. The third-order valence-corrected chi connectivity index (χ3v) is 8.25. The number of likely N-dealkylation sites (tertiary alicyclic amines) is 1. The maximum absolute atomic E-state index is 13.6. The average Bonchev–Trinajstić information content (AvgIpc) is 3.59. The highest BCUT2D eigenvalue weighted by Gasteiger charge is 2.16. The molecule has 6 nitrogen and oxygen atoms in total. The van der Waals surface area contributed by atoms with Crippen LogP contribution < -0.4 is 10.1 Å². The lowest BCUT2D eigenvalue weighted by Crippen LogP contribution is -2.33. The van der Waals surface area contributed by atoms with Crippen molar-refractivity contribution in [2.24, 2.45) is 0 Å². The lowest BCUT2D eigenvalue weighted by Gasteiger charge is -2.24. The highest BCUT2D eigenvalue weighted by molar-refractivity contribution is 5.95. The van der Waals surface area contributed by atoms with Gasteiger partial charge in [0, 0.05) is 31.7 Å². The normalized spacial score (nSPS) is 13.0. The SMILES string of the molecule is COc1cccc(CC(=O)N(CCCc2ccccc2)Cc2cccc(-c3cccc(C(=O)NCCN4CCCC4)c3)c2)c1. The first-order valence-corrected chi connectivity index (χ1v) is 15.7. The molecule has 44 heavy (non-hydrogen) atoms. The molecule has 1 saturated heterocycles. The Morgan fingerprint density at radius 2 is 1.50 bits per heavy atom. The van der Waals surface area contributed by atoms with Gasteiger partial charge >= 0.3 is 0 Å². The molecule has 0 spiro atoms. The van der Waals surface area contributed by atoms with Crippen LogP contribution in [0.4, 0.5) is 0 Å².